The highest BCUT2D eigenvalue weighted by molar-refractivity contribution is 5.89. The van der Waals surface area contributed by atoms with Crippen LogP contribution in [0.25, 0.3) is 0 Å². The van der Waals surface area contributed by atoms with Crippen LogP contribution in [0, 0.1) is 6.92 Å². The molecule has 122 valence electrons. The lowest BCUT2D eigenvalue weighted by Crippen LogP contribution is -2.36. The SMILES string of the molecule is COc1cccc(CN(CCO)C(=O)Nc2ccc(C)cc2)c1. The number of benzene rings is 2. The van der Waals surface area contributed by atoms with Gasteiger partial charge in [0.1, 0.15) is 5.75 Å². The van der Waals surface area contributed by atoms with Gasteiger partial charge in [-0.05, 0) is 36.8 Å². The number of aryl methyl sites for hydroxylation is 1. The topological polar surface area (TPSA) is 61.8 Å². The van der Waals surface area contributed by atoms with Crippen LogP contribution in [0.5, 0.6) is 5.75 Å². The zero-order valence-electron chi connectivity index (χ0n) is 13.5. The highest BCUT2D eigenvalue weighted by Gasteiger charge is 2.14. The van der Waals surface area contributed by atoms with E-state index in [-0.39, 0.29) is 19.2 Å². The normalized spacial score (nSPS) is 10.2. The summed E-state index contributed by atoms with van der Waals surface area (Å²) in [5.74, 6) is 0.741. The Morgan fingerprint density at radius 1 is 1.22 bits per heavy atom. The molecule has 0 saturated carbocycles. The molecule has 0 heterocycles. The fraction of sp³-hybridized carbons (Fsp3) is 0.278. The van der Waals surface area contributed by atoms with E-state index in [1.54, 1.807) is 12.0 Å². The quantitative estimate of drug-likeness (QED) is 0.861. The number of aliphatic hydroxyl groups excluding tert-OH is 1. The van der Waals surface area contributed by atoms with Gasteiger partial charge in [0.15, 0.2) is 0 Å². The predicted molar refractivity (Wildman–Crippen MR) is 90.7 cm³/mol. The molecule has 2 rings (SSSR count). The van der Waals surface area contributed by atoms with Gasteiger partial charge in [-0.15, -0.1) is 0 Å². The van der Waals surface area contributed by atoms with Crippen molar-refractivity contribution in [3.05, 3.63) is 59.7 Å². The number of amides is 2. The first-order chi connectivity index (χ1) is 11.1. The maximum absolute atomic E-state index is 12.4. The number of hydrogen-bond acceptors (Lipinski definition) is 3. The Hall–Kier alpha value is -2.53. The van der Waals surface area contributed by atoms with Gasteiger partial charge in [0.2, 0.25) is 0 Å². The number of urea groups is 1. The van der Waals surface area contributed by atoms with E-state index in [1.165, 1.54) is 0 Å². The second-order valence-electron chi connectivity index (χ2n) is 5.29. The monoisotopic (exact) mass is 314 g/mol. The number of anilines is 1. The number of methoxy groups -OCH3 is 1. The number of rotatable bonds is 6. The number of nitrogens with zero attached hydrogens (tertiary/aromatic N) is 1. The maximum atomic E-state index is 12.4. The van der Waals surface area contributed by atoms with Crippen molar-refractivity contribution in [3.8, 4) is 5.75 Å². The van der Waals surface area contributed by atoms with E-state index in [1.807, 2.05) is 55.5 Å². The second kappa shape index (κ2) is 8.19. The van der Waals surface area contributed by atoms with Gasteiger partial charge in [-0.1, -0.05) is 29.8 Å². The number of carbonyl (C=O) groups excluding carboxylic acids is 1. The molecule has 0 spiro atoms. The van der Waals surface area contributed by atoms with Crippen molar-refractivity contribution >= 4 is 11.7 Å². The Bertz CT molecular complexity index is 641. The molecule has 0 radical (unpaired) electrons. The number of ether oxygens (including phenoxy) is 1. The molecule has 0 unspecified atom stereocenters. The van der Waals surface area contributed by atoms with Crippen molar-refractivity contribution in [2.45, 2.75) is 13.5 Å². The second-order valence-corrected chi connectivity index (χ2v) is 5.29. The van der Waals surface area contributed by atoms with E-state index < -0.39 is 0 Å². The largest absolute Gasteiger partial charge is 0.497 e. The minimum Gasteiger partial charge on any atom is -0.497 e. The summed E-state index contributed by atoms with van der Waals surface area (Å²) < 4.78 is 5.20. The minimum atomic E-state index is -0.245. The summed E-state index contributed by atoms with van der Waals surface area (Å²) in [5.41, 5.74) is 2.80. The Kier molecular flexibility index (Phi) is 6.00. The van der Waals surface area contributed by atoms with E-state index in [2.05, 4.69) is 5.32 Å². The maximum Gasteiger partial charge on any atom is 0.322 e. The van der Waals surface area contributed by atoms with Crippen molar-refractivity contribution in [2.75, 3.05) is 25.6 Å². The van der Waals surface area contributed by atoms with Crippen LogP contribution in [0.3, 0.4) is 0 Å². The molecule has 0 aromatic heterocycles. The fourth-order valence-corrected chi connectivity index (χ4v) is 2.20. The van der Waals surface area contributed by atoms with Crippen LogP contribution in [0.1, 0.15) is 11.1 Å². The van der Waals surface area contributed by atoms with E-state index in [4.69, 9.17) is 4.74 Å². The summed E-state index contributed by atoms with van der Waals surface area (Å²) >= 11 is 0. The molecule has 5 nitrogen and oxygen atoms in total. The molecule has 2 amide bonds. The number of hydrogen-bond donors (Lipinski definition) is 2. The Labute approximate surface area is 136 Å². The van der Waals surface area contributed by atoms with E-state index in [0.29, 0.717) is 6.54 Å². The van der Waals surface area contributed by atoms with Crippen molar-refractivity contribution in [1.29, 1.82) is 0 Å². The molecule has 2 aromatic carbocycles. The molecular weight excluding hydrogens is 292 g/mol. The van der Waals surface area contributed by atoms with Crippen LogP contribution < -0.4 is 10.1 Å². The molecule has 0 aliphatic heterocycles. The van der Waals surface area contributed by atoms with E-state index >= 15 is 0 Å². The van der Waals surface area contributed by atoms with Crippen LogP contribution in [-0.2, 0) is 6.54 Å². The third-order valence-corrected chi connectivity index (χ3v) is 3.47. The Morgan fingerprint density at radius 3 is 2.61 bits per heavy atom. The van der Waals surface area contributed by atoms with Crippen molar-refractivity contribution in [3.63, 3.8) is 0 Å². The summed E-state index contributed by atoms with van der Waals surface area (Å²) in [6.45, 7) is 2.56. The van der Waals surface area contributed by atoms with Gasteiger partial charge < -0.3 is 20.1 Å². The molecule has 0 atom stereocenters. The van der Waals surface area contributed by atoms with Gasteiger partial charge >= 0.3 is 6.03 Å². The average molecular weight is 314 g/mol. The third-order valence-electron chi connectivity index (χ3n) is 3.47. The van der Waals surface area contributed by atoms with Crippen LogP contribution in [0.15, 0.2) is 48.5 Å². The van der Waals surface area contributed by atoms with Crippen molar-refractivity contribution in [2.24, 2.45) is 0 Å². The molecule has 2 N–H and O–H groups in total. The molecule has 23 heavy (non-hydrogen) atoms. The van der Waals surface area contributed by atoms with Gasteiger partial charge in [-0.2, -0.15) is 0 Å². The van der Waals surface area contributed by atoms with Crippen LogP contribution in [0.4, 0.5) is 10.5 Å². The lowest BCUT2D eigenvalue weighted by Gasteiger charge is -2.22. The predicted octanol–water partition coefficient (Wildman–Crippen LogP) is 3.03. The van der Waals surface area contributed by atoms with Gasteiger partial charge in [-0.3, -0.25) is 0 Å². The Morgan fingerprint density at radius 2 is 1.96 bits per heavy atom. The number of aliphatic hydroxyl groups is 1. The average Bonchev–Trinajstić information content (AvgIpc) is 2.56. The van der Waals surface area contributed by atoms with E-state index in [0.717, 1.165) is 22.6 Å². The van der Waals surface area contributed by atoms with Crippen LogP contribution >= 0.6 is 0 Å². The van der Waals surface area contributed by atoms with Gasteiger partial charge in [0, 0.05) is 18.8 Å². The number of carbonyl (C=O) groups is 1. The first-order valence-corrected chi connectivity index (χ1v) is 7.49. The number of nitrogens with one attached hydrogen (secondary N) is 1. The third kappa shape index (κ3) is 5.00. The molecule has 0 saturated heterocycles. The standard InChI is InChI=1S/C18H22N2O3/c1-14-6-8-16(9-7-14)19-18(22)20(10-11-21)13-15-4-3-5-17(12-15)23-2/h3-9,12,21H,10-11,13H2,1-2H3,(H,19,22). The molecule has 0 aliphatic carbocycles. The zero-order chi connectivity index (χ0) is 16.7. The molecule has 2 aromatic rings. The highest BCUT2D eigenvalue weighted by Crippen LogP contribution is 2.15. The summed E-state index contributed by atoms with van der Waals surface area (Å²) in [6.07, 6.45) is 0. The van der Waals surface area contributed by atoms with E-state index in [9.17, 15) is 9.90 Å². The van der Waals surface area contributed by atoms with Crippen LogP contribution in [0.2, 0.25) is 0 Å². The fourth-order valence-electron chi connectivity index (χ4n) is 2.20. The summed E-state index contributed by atoms with van der Waals surface area (Å²) in [6, 6.07) is 14.9. The van der Waals surface area contributed by atoms with Crippen molar-refractivity contribution in [1.82, 2.24) is 4.90 Å². The molecule has 0 aliphatic rings. The molecule has 0 fully saturated rings. The summed E-state index contributed by atoms with van der Waals surface area (Å²) in [7, 11) is 1.61. The first-order valence-electron chi connectivity index (χ1n) is 7.49. The molecule has 0 bridgehead atoms. The summed E-state index contributed by atoms with van der Waals surface area (Å²) in [4.78, 5) is 14.0. The minimum absolute atomic E-state index is 0.0920. The van der Waals surface area contributed by atoms with Gasteiger partial charge in [-0.25, -0.2) is 4.79 Å². The zero-order valence-corrected chi connectivity index (χ0v) is 13.5. The first kappa shape index (κ1) is 16.8. The highest BCUT2D eigenvalue weighted by atomic mass is 16.5. The van der Waals surface area contributed by atoms with Gasteiger partial charge in [0.05, 0.1) is 13.7 Å². The van der Waals surface area contributed by atoms with Gasteiger partial charge in [0.25, 0.3) is 0 Å². The Balaban J connectivity index is 2.07. The van der Waals surface area contributed by atoms with Crippen LogP contribution in [-0.4, -0.2) is 36.3 Å². The smallest absolute Gasteiger partial charge is 0.322 e. The van der Waals surface area contributed by atoms with Crippen molar-refractivity contribution < 1.29 is 14.6 Å². The lowest BCUT2D eigenvalue weighted by molar-refractivity contribution is 0.185. The molecule has 5 heteroatoms. The lowest BCUT2D eigenvalue weighted by atomic mass is 10.2. The molecular formula is C18H22N2O3. The summed E-state index contributed by atoms with van der Waals surface area (Å²) in [5, 5.41) is 12.1.